The van der Waals surface area contributed by atoms with Gasteiger partial charge < -0.3 is 11.1 Å². The minimum atomic E-state index is 0.0342. The zero-order valence-electron chi connectivity index (χ0n) is 10.9. The Labute approximate surface area is 113 Å². The van der Waals surface area contributed by atoms with Gasteiger partial charge in [-0.15, -0.1) is 0 Å². The summed E-state index contributed by atoms with van der Waals surface area (Å²) in [7, 11) is 1.89. The highest BCUT2D eigenvalue weighted by molar-refractivity contribution is 6.30. The molecule has 5 heteroatoms. The highest BCUT2D eigenvalue weighted by atomic mass is 35.5. The van der Waals surface area contributed by atoms with Crippen LogP contribution in [-0.4, -0.2) is 30.9 Å². The number of nitrogens with two attached hydrogens (primary N) is 1. The van der Waals surface area contributed by atoms with E-state index in [0.717, 1.165) is 18.5 Å². The molecular weight excluding hydrogens is 250 g/mol. The molecular formula is C13H20ClN3O. The van der Waals surface area contributed by atoms with E-state index in [2.05, 4.69) is 5.32 Å². The van der Waals surface area contributed by atoms with E-state index in [1.165, 1.54) is 0 Å². The maximum Gasteiger partial charge on any atom is 0.234 e. The summed E-state index contributed by atoms with van der Waals surface area (Å²) in [5.74, 6) is 0.0342. The number of halogens is 1. The highest BCUT2D eigenvalue weighted by Gasteiger charge is 2.08. The van der Waals surface area contributed by atoms with Gasteiger partial charge >= 0.3 is 0 Å². The Bertz CT molecular complexity index is 409. The van der Waals surface area contributed by atoms with Gasteiger partial charge in [-0.25, -0.2) is 0 Å². The van der Waals surface area contributed by atoms with Gasteiger partial charge in [0.25, 0.3) is 0 Å². The van der Waals surface area contributed by atoms with Gasteiger partial charge in [-0.05, 0) is 31.2 Å². The zero-order chi connectivity index (χ0) is 13.5. The van der Waals surface area contributed by atoms with Crippen molar-refractivity contribution in [2.45, 2.75) is 19.9 Å². The molecule has 0 unspecified atom stereocenters. The van der Waals surface area contributed by atoms with Crippen LogP contribution in [0.15, 0.2) is 18.2 Å². The maximum atomic E-state index is 11.5. The number of carbonyl (C=O) groups is 1. The van der Waals surface area contributed by atoms with E-state index < -0.39 is 0 Å². The van der Waals surface area contributed by atoms with Crippen molar-refractivity contribution in [3.8, 4) is 0 Å². The van der Waals surface area contributed by atoms with Crippen LogP contribution in [0.4, 0.5) is 5.69 Å². The number of carbonyl (C=O) groups excluding carboxylic acids is 1. The Balaban J connectivity index is 2.48. The molecule has 4 nitrogen and oxygen atoms in total. The number of nitrogens with zero attached hydrogens (tertiary/aromatic N) is 1. The molecule has 1 aromatic carbocycles. The van der Waals surface area contributed by atoms with Crippen LogP contribution < -0.4 is 11.1 Å². The van der Waals surface area contributed by atoms with Gasteiger partial charge in [0.2, 0.25) is 5.91 Å². The van der Waals surface area contributed by atoms with E-state index in [9.17, 15) is 4.79 Å². The molecule has 18 heavy (non-hydrogen) atoms. The van der Waals surface area contributed by atoms with E-state index in [1.54, 1.807) is 12.1 Å². The lowest BCUT2D eigenvalue weighted by Crippen LogP contribution is -2.35. The van der Waals surface area contributed by atoms with E-state index in [1.807, 2.05) is 24.9 Å². The molecule has 0 aromatic heterocycles. The number of hydrogen-bond acceptors (Lipinski definition) is 3. The molecule has 0 atom stereocenters. The van der Waals surface area contributed by atoms with Crippen LogP contribution in [0.25, 0.3) is 0 Å². The summed E-state index contributed by atoms with van der Waals surface area (Å²) in [5, 5.41) is 3.46. The first kappa shape index (κ1) is 14.8. The normalized spacial score (nSPS) is 10.7. The molecule has 0 radical (unpaired) electrons. The monoisotopic (exact) mass is 269 g/mol. The Kier molecular flexibility index (Phi) is 5.95. The molecule has 1 aromatic rings. The van der Waals surface area contributed by atoms with Crippen molar-refractivity contribution in [2.24, 2.45) is 0 Å². The summed E-state index contributed by atoms with van der Waals surface area (Å²) < 4.78 is 0. The van der Waals surface area contributed by atoms with Crippen molar-refractivity contribution in [3.05, 3.63) is 28.8 Å². The van der Waals surface area contributed by atoms with Gasteiger partial charge in [0.15, 0.2) is 0 Å². The topological polar surface area (TPSA) is 58.4 Å². The van der Waals surface area contributed by atoms with Gasteiger partial charge in [-0.3, -0.25) is 9.69 Å². The lowest BCUT2D eigenvalue weighted by molar-refractivity contribution is -0.122. The molecule has 0 bridgehead atoms. The van der Waals surface area contributed by atoms with Crippen molar-refractivity contribution < 1.29 is 4.79 Å². The van der Waals surface area contributed by atoms with Crippen molar-refractivity contribution in [1.82, 2.24) is 10.2 Å². The smallest absolute Gasteiger partial charge is 0.234 e. The SMILES string of the molecule is CCCNC(=O)CN(C)Cc1ccc(Cl)cc1N. The standard InChI is InChI=1S/C13H20ClN3O/c1-3-6-16-13(18)9-17(2)8-10-4-5-11(14)7-12(10)15/h4-5,7H,3,6,8-9,15H2,1-2H3,(H,16,18). The summed E-state index contributed by atoms with van der Waals surface area (Å²) >= 11 is 5.84. The second-order valence-electron chi connectivity index (χ2n) is 4.37. The van der Waals surface area contributed by atoms with Gasteiger partial charge in [0.1, 0.15) is 0 Å². The van der Waals surface area contributed by atoms with Crippen LogP contribution in [0.1, 0.15) is 18.9 Å². The van der Waals surface area contributed by atoms with Gasteiger partial charge in [0.05, 0.1) is 6.54 Å². The molecule has 0 fully saturated rings. The largest absolute Gasteiger partial charge is 0.398 e. The van der Waals surface area contributed by atoms with E-state index in [-0.39, 0.29) is 5.91 Å². The van der Waals surface area contributed by atoms with Crippen molar-refractivity contribution in [2.75, 3.05) is 25.9 Å². The number of likely N-dealkylation sites (N-methyl/N-ethyl adjacent to an activating group) is 1. The molecule has 0 aliphatic rings. The fourth-order valence-corrected chi connectivity index (χ4v) is 1.80. The molecule has 1 rings (SSSR count). The van der Waals surface area contributed by atoms with Crippen LogP contribution in [0, 0.1) is 0 Å². The van der Waals surface area contributed by atoms with Crippen LogP contribution >= 0.6 is 11.6 Å². The summed E-state index contributed by atoms with van der Waals surface area (Å²) in [6, 6.07) is 5.41. The second kappa shape index (κ2) is 7.24. The zero-order valence-corrected chi connectivity index (χ0v) is 11.6. The van der Waals surface area contributed by atoms with Crippen LogP contribution in [0.2, 0.25) is 5.02 Å². The lowest BCUT2D eigenvalue weighted by atomic mass is 10.1. The predicted molar refractivity (Wildman–Crippen MR) is 75.5 cm³/mol. The average molecular weight is 270 g/mol. The first-order valence-electron chi connectivity index (χ1n) is 6.02. The number of benzene rings is 1. The van der Waals surface area contributed by atoms with Crippen molar-refractivity contribution >= 4 is 23.2 Å². The minimum absolute atomic E-state index is 0.0342. The number of hydrogen-bond donors (Lipinski definition) is 2. The number of amides is 1. The van der Waals surface area contributed by atoms with E-state index >= 15 is 0 Å². The number of nitrogen functional groups attached to an aromatic ring is 1. The Morgan fingerprint density at radius 2 is 2.22 bits per heavy atom. The van der Waals surface area contributed by atoms with Gasteiger partial charge in [-0.1, -0.05) is 24.6 Å². The second-order valence-corrected chi connectivity index (χ2v) is 4.80. The number of nitrogens with one attached hydrogen (secondary N) is 1. The molecule has 0 aliphatic carbocycles. The summed E-state index contributed by atoms with van der Waals surface area (Å²) in [4.78, 5) is 13.5. The Morgan fingerprint density at radius 1 is 1.50 bits per heavy atom. The van der Waals surface area contributed by atoms with Crippen molar-refractivity contribution in [1.29, 1.82) is 0 Å². The maximum absolute atomic E-state index is 11.5. The molecule has 0 saturated heterocycles. The van der Waals surface area contributed by atoms with Crippen LogP contribution in [0.5, 0.6) is 0 Å². The predicted octanol–water partition coefficient (Wildman–Crippen LogP) is 1.88. The van der Waals surface area contributed by atoms with E-state index in [0.29, 0.717) is 23.8 Å². The first-order valence-corrected chi connectivity index (χ1v) is 6.40. The summed E-state index contributed by atoms with van der Waals surface area (Å²) in [6.45, 7) is 3.73. The van der Waals surface area contributed by atoms with Crippen LogP contribution in [0.3, 0.4) is 0 Å². The minimum Gasteiger partial charge on any atom is -0.398 e. The summed E-state index contributed by atoms with van der Waals surface area (Å²) in [6.07, 6.45) is 0.944. The molecule has 0 spiro atoms. The third-order valence-electron chi connectivity index (χ3n) is 2.53. The third kappa shape index (κ3) is 4.94. The molecule has 0 aliphatic heterocycles. The van der Waals surface area contributed by atoms with Gasteiger partial charge in [-0.2, -0.15) is 0 Å². The van der Waals surface area contributed by atoms with Crippen LogP contribution in [-0.2, 0) is 11.3 Å². The fourth-order valence-electron chi connectivity index (χ4n) is 1.62. The average Bonchev–Trinajstić information content (AvgIpc) is 2.30. The molecule has 100 valence electrons. The molecule has 3 N–H and O–H groups in total. The third-order valence-corrected chi connectivity index (χ3v) is 2.77. The molecule has 0 saturated carbocycles. The van der Waals surface area contributed by atoms with E-state index in [4.69, 9.17) is 17.3 Å². The quantitative estimate of drug-likeness (QED) is 0.776. The molecule has 1 amide bonds. The molecule has 0 heterocycles. The van der Waals surface area contributed by atoms with Gasteiger partial charge in [0, 0.05) is 23.8 Å². The number of rotatable bonds is 6. The number of anilines is 1. The summed E-state index contributed by atoms with van der Waals surface area (Å²) in [5.41, 5.74) is 7.50. The first-order chi connectivity index (χ1) is 8.52. The highest BCUT2D eigenvalue weighted by Crippen LogP contribution is 2.18. The Morgan fingerprint density at radius 3 is 2.83 bits per heavy atom. The van der Waals surface area contributed by atoms with Crippen molar-refractivity contribution in [3.63, 3.8) is 0 Å². The fraction of sp³-hybridized carbons (Fsp3) is 0.462. The lowest BCUT2D eigenvalue weighted by Gasteiger charge is -2.17. The Hall–Kier alpha value is -1.26.